The number of aryl methyl sites for hydroxylation is 1. The van der Waals surface area contributed by atoms with Crippen molar-refractivity contribution < 1.29 is 22.7 Å². The van der Waals surface area contributed by atoms with Gasteiger partial charge in [-0.3, -0.25) is 4.79 Å². The maximum Gasteiger partial charge on any atom is 0.419 e. The van der Waals surface area contributed by atoms with E-state index in [2.05, 4.69) is 19.9 Å². The number of fused-ring (bicyclic) bond motifs is 1. The summed E-state index contributed by atoms with van der Waals surface area (Å²) in [5.41, 5.74) is 5.35. The number of nitrogens with zero attached hydrogens (tertiary/aromatic N) is 6. The van der Waals surface area contributed by atoms with Gasteiger partial charge in [0.1, 0.15) is 24.1 Å². The molecule has 1 unspecified atom stereocenters. The fourth-order valence-electron chi connectivity index (χ4n) is 4.12. The number of carbonyl (C=O) groups excluding carboxylic acids is 1. The molecule has 2 aliphatic rings. The van der Waals surface area contributed by atoms with Crippen molar-refractivity contribution in [1.82, 2.24) is 29.4 Å². The quantitative estimate of drug-likeness (QED) is 0.622. The van der Waals surface area contributed by atoms with E-state index in [1.807, 2.05) is 11.8 Å². The highest BCUT2D eigenvalue weighted by atomic mass is 19.4. The second-order valence-electron chi connectivity index (χ2n) is 8.27. The lowest BCUT2D eigenvalue weighted by Gasteiger charge is -2.16. The molecule has 0 bridgehead atoms. The number of nitrogens with two attached hydrogens (primary N) is 1. The molecular weight excluding hydrogens is 439 g/mol. The van der Waals surface area contributed by atoms with E-state index in [1.165, 1.54) is 12.5 Å². The van der Waals surface area contributed by atoms with E-state index in [0.29, 0.717) is 37.2 Å². The fraction of sp³-hybridized carbons (Fsp3) is 0.476. The van der Waals surface area contributed by atoms with Crippen molar-refractivity contribution in [3.63, 3.8) is 0 Å². The smallest absolute Gasteiger partial charge is 0.419 e. The van der Waals surface area contributed by atoms with Crippen molar-refractivity contribution in [2.45, 2.75) is 45.0 Å². The Hall–Kier alpha value is -3.44. The van der Waals surface area contributed by atoms with Crippen molar-refractivity contribution in [3.05, 3.63) is 24.2 Å². The highest BCUT2D eigenvalue weighted by Crippen LogP contribution is 2.36. The number of alkyl halides is 3. The molecule has 1 saturated carbocycles. The molecule has 1 aliphatic carbocycles. The molecule has 174 valence electrons. The second-order valence-corrected chi connectivity index (χ2v) is 8.27. The number of hydrogen-bond acceptors (Lipinski definition) is 7. The number of amides is 1. The molecule has 3 aromatic heterocycles. The molecule has 1 atom stereocenters. The number of halogens is 3. The number of anilines is 1. The molecule has 12 heteroatoms. The van der Waals surface area contributed by atoms with Gasteiger partial charge >= 0.3 is 6.18 Å². The van der Waals surface area contributed by atoms with Gasteiger partial charge in [0.25, 0.3) is 0 Å². The van der Waals surface area contributed by atoms with Crippen molar-refractivity contribution in [3.8, 4) is 17.3 Å². The van der Waals surface area contributed by atoms with Gasteiger partial charge < -0.3 is 19.9 Å². The third-order valence-corrected chi connectivity index (χ3v) is 5.96. The van der Waals surface area contributed by atoms with Crippen LogP contribution in [0, 0.1) is 5.92 Å². The van der Waals surface area contributed by atoms with Crippen LogP contribution in [0.5, 0.6) is 5.88 Å². The van der Waals surface area contributed by atoms with Crippen molar-refractivity contribution in [2.24, 2.45) is 5.92 Å². The zero-order chi connectivity index (χ0) is 23.3. The Kier molecular flexibility index (Phi) is 5.09. The standard InChI is InChI=1S/C21H22F3N7O2/c1-2-31-17(12-7-14(21(22,23)24)16(25)26-8-12)29-15-18(31)27-10-28-19(15)33-13-5-6-30(9-13)20(32)11-3-4-11/h7-8,10-11,13H,2-6,9H2,1H3,(H2,25,26). The zero-order valence-corrected chi connectivity index (χ0v) is 17.8. The molecule has 5 rings (SSSR count). The maximum atomic E-state index is 13.3. The molecule has 1 aliphatic heterocycles. The van der Waals surface area contributed by atoms with Crippen molar-refractivity contribution >= 4 is 22.9 Å². The van der Waals surface area contributed by atoms with Gasteiger partial charge in [-0.1, -0.05) is 0 Å². The lowest BCUT2D eigenvalue weighted by Crippen LogP contribution is -2.32. The van der Waals surface area contributed by atoms with Crippen LogP contribution in [0.25, 0.3) is 22.6 Å². The Bertz CT molecular complexity index is 1220. The maximum absolute atomic E-state index is 13.3. The van der Waals surface area contributed by atoms with Crippen molar-refractivity contribution in [1.29, 1.82) is 0 Å². The molecule has 2 fully saturated rings. The molecule has 2 N–H and O–H groups in total. The number of aromatic nitrogens is 5. The highest BCUT2D eigenvalue weighted by molar-refractivity contribution is 5.82. The number of imidazole rings is 1. The number of ether oxygens (including phenoxy) is 1. The number of likely N-dealkylation sites (tertiary alicyclic amines) is 1. The van der Waals surface area contributed by atoms with Gasteiger partial charge in [-0.15, -0.1) is 0 Å². The normalized spacial score (nSPS) is 18.8. The molecule has 0 aromatic carbocycles. The fourth-order valence-corrected chi connectivity index (χ4v) is 4.12. The summed E-state index contributed by atoms with van der Waals surface area (Å²) in [5.74, 6) is 0.211. The number of pyridine rings is 1. The molecule has 1 amide bonds. The van der Waals surface area contributed by atoms with Crippen LogP contribution in [0.15, 0.2) is 18.6 Å². The Balaban J connectivity index is 1.48. The summed E-state index contributed by atoms with van der Waals surface area (Å²) >= 11 is 0. The average Bonchev–Trinajstić information content (AvgIpc) is 3.40. The Labute approximate surface area is 186 Å². The minimum atomic E-state index is -4.64. The molecule has 1 saturated heterocycles. The van der Waals surface area contributed by atoms with Gasteiger partial charge in [0.05, 0.1) is 12.1 Å². The molecule has 3 aromatic rings. The van der Waals surface area contributed by atoms with Crippen LogP contribution in [0.3, 0.4) is 0 Å². The number of nitrogen functional groups attached to an aromatic ring is 1. The van der Waals surface area contributed by atoms with Crippen LogP contribution >= 0.6 is 0 Å². The SMILES string of the molecule is CCn1c(-c2cnc(N)c(C(F)(F)F)c2)nc2c(OC3CCN(C(=O)C4CC4)C3)ncnc21. The Morgan fingerprint density at radius 3 is 2.73 bits per heavy atom. The van der Waals surface area contributed by atoms with E-state index >= 15 is 0 Å². The minimum absolute atomic E-state index is 0.146. The Morgan fingerprint density at radius 2 is 2.03 bits per heavy atom. The topological polar surface area (TPSA) is 112 Å². The summed E-state index contributed by atoms with van der Waals surface area (Å²) in [7, 11) is 0. The predicted molar refractivity (Wildman–Crippen MR) is 112 cm³/mol. The van der Waals surface area contributed by atoms with E-state index in [4.69, 9.17) is 10.5 Å². The van der Waals surface area contributed by atoms with Crippen molar-refractivity contribution in [2.75, 3.05) is 18.8 Å². The average molecular weight is 461 g/mol. The predicted octanol–water partition coefficient (Wildman–Crippen LogP) is 2.90. The zero-order valence-electron chi connectivity index (χ0n) is 17.8. The molecule has 0 spiro atoms. The third-order valence-electron chi connectivity index (χ3n) is 5.96. The lowest BCUT2D eigenvalue weighted by atomic mass is 10.1. The largest absolute Gasteiger partial charge is 0.471 e. The molecular formula is C21H22F3N7O2. The van der Waals surface area contributed by atoms with Gasteiger partial charge in [0.2, 0.25) is 11.8 Å². The first-order valence-corrected chi connectivity index (χ1v) is 10.8. The number of carbonyl (C=O) groups is 1. The van der Waals surface area contributed by atoms with Crippen LogP contribution in [-0.2, 0) is 17.5 Å². The summed E-state index contributed by atoms with van der Waals surface area (Å²) in [6, 6.07) is 0.933. The minimum Gasteiger partial charge on any atom is -0.471 e. The molecule has 9 nitrogen and oxygen atoms in total. The van der Waals surface area contributed by atoms with E-state index in [1.54, 1.807) is 4.57 Å². The van der Waals surface area contributed by atoms with Crippen LogP contribution in [0.4, 0.5) is 19.0 Å². The molecule has 0 radical (unpaired) electrons. The van der Waals surface area contributed by atoms with Crippen LogP contribution in [0.1, 0.15) is 31.7 Å². The first-order valence-electron chi connectivity index (χ1n) is 10.8. The summed E-state index contributed by atoms with van der Waals surface area (Å²) in [6.07, 6.45) is 0.264. The summed E-state index contributed by atoms with van der Waals surface area (Å²) in [6.45, 7) is 3.33. The van der Waals surface area contributed by atoms with Gasteiger partial charge in [0.15, 0.2) is 11.2 Å². The van der Waals surface area contributed by atoms with E-state index in [0.717, 1.165) is 18.9 Å². The van der Waals surface area contributed by atoms with Gasteiger partial charge in [-0.25, -0.2) is 15.0 Å². The first-order chi connectivity index (χ1) is 15.8. The van der Waals surface area contributed by atoms with Crippen LogP contribution < -0.4 is 10.5 Å². The summed E-state index contributed by atoms with van der Waals surface area (Å²) < 4.78 is 47.8. The van der Waals surface area contributed by atoms with Gasteiger partial charge in [-0.05, 0) is 25.8 Å². The van der Waals surface area contributed by atoms with E-state index < -0.39 is 17.6 Å². The number of hydrogen-bond donors (Lipinski definition) is 1. The van der Waals surface area contributed by atoms with Gasteiger partial charge in [-0.2, -0.15) is 18.2 Å². The van der Waals surface area contributed by atoms with E-state index in [9.17, 15) is 18.0 Å². The van der Waals surface area contributed by atoms with Crippen LogP contribution in [0.2, 0.25) is 0 Å². The highest BCUT2D eigenvalue weighted by Gasteiger charge is 2.38. The summed E-state index contributed by atoms with van der Waals surface area (Å²) in [4.78, 5) is 30.9. The monoisotopic (exact) mass is 461 g/mol. The van der Waals surface area contributed by atoms with E-state index in [-0.39, 0.29) is 35.2 Å². The first kappa shape index (κ1) is 21.4. The van der Waals surface area contributed by atoms with Gasteiger partial charge in [0, 0.05) is 37.2 Å². The van der Waals surface area contributed by atoms with Crippen LogP contribution in [-0.4, -0.2) is 54.5 Å². The number of rotatable bonds is 5. The second kappa shape index (κ2) is 7.85. The summed E-state index contributed by atoms with van der Waals surface area (Å²) in [5, 5.41) is 0. The lowest BCUT2D eigenvalue weighted by molar-refractivity contribution is -0.137. The third kappa shape index (κ3) is 3.93. The molecule has 33 heavy (non-hydrogen) atoms. The molecule has 4 heterocycles. The Morgan fingerprint density at radius 1 is 1.24 bits per heavy atom.